The van der Waals surface area contributed by atoms with Crippen molar-refractivity contribution in [1.82, 2.24) is 10.2 Å². The zero-order valence-electron chi connectivity index (χ0n) is 13.3. The van der Waals surface area contributed by atoms with Crippen LogP contribution in [0.25, 0.3) is 0 Å². The maximum atomic E-state index is 13.2. The number of likely N-dealkylation sites (tertiary alicyclic amines) is 1. The van der Waals surface area contributed by atoms with E-state index in [1.54, 1.807) is 12.1 Å². The van der Waals surface area contributed by atoms with Crippen molar-refractivity contribution in [1.29, 1.82) is 0 Å². The monoisotopic (exact) mass is 294 g/mol. The molecule has 0 amide bonds. The van der Waals surface area contributed by atoms with Crippen LogP contribution >= 0.6 is 0 Å². The number of hydrogen-bond acceptors (Lipinski definition) is 3. The Morgan fingerprint density at radius 2 is 2.24 bits per heavy atom. The highest BCUT2D eigenvalue weighted by atomic mass is 19.1. The Kier molecular flexibility index (Phi) is 5.36. The van der Waals surface area contributed by atoms with Crippen molar-refractivity contribution in [3.05, 3.63) is 35.6 Å². The van der Waals surface area contributed by atoms with Crippen LogP contribution < -0.4 is 5.32 Å². The quantitative estimate of drug-likeness (QED) is 0.846. The Labute approximate surface area is 127 Å². The number of β-amino-alcohol motifs (C(OH)–C–C–N with tert-alkyl or cyclic N) is 1. The molecule has 2 rings (SSSR count). The van der Waals surface area contributed by atoms with E-state index >= 15 is 0 Å². The number of nitrogens with one attached hydrogen (secondary N) is 1. The number of halogens is 1. The molecule has 0 unspecified atom stereocenters. The molecular formula is C17H27FN2O. The smallest absolute Gasteiger partial charge is 0.123 e. The molecule has 0 aromatic heterocycles. The van der Waals surface area contributed by atoms with E-state index in [-0.39, 0.29) is 11.4 Å². The topological polar surface area (TPSA) is 35.5 Å². The number of benzene rings is 1. The molecule has 4 heteroatoms. The molecule has 0 spiro atoms. The van der Waals surface area contributed by atoms with Crippen molar-refractivity contribution >= 4 is 0 Å². The Bertz CT molecular complexity index is 464. The van der Waals surface area contributed by atoms with Gasteiger partial charge in [0.2, 0.25) is 0 Å². The molecule has 3 nitrogen and oxygen atoms in total. The molecule has 1 aromatic rings. The van der Waals surface area contributed by atoms with Gasteiger partial charge < -0.3 is 15.3 Å². The van der Waals surface area contributed by atoms with Gasteiger partial charge in [-0.2, -0.15) is 0 Å². The molecule has 1 heterocycles. The van der Waals surface area contributed by atoms with E-state index in [1.165, 1.54) is 25.1 Å². The van der Waals surface area contributed by atoms with Gasteiger partial charge in [-0.1, -0.05) is 12.1 Å². The fraction of sp³-hybridized carbons (Fsp3) is 0.647. The van der Waals surface area contributed by atoms with Crippen LogP contribution in [0.5, 0.6) is 0 Å². The molecule has 21 heavy (non-hydrogen) atoms. The van der Waals surface area contributed by atoms with Crippen LogP contribution in [0.15, 0.2) is 24.3 Å². The minimum absolute atomic E-state index is 0.0237. The van der Waals surface area contributed by atoms with Gasteiger partial charge in [0.25, 0.3) is 0 Å². The summed E-state index contributed by atoms with van der Waals surface area (Å²) in [6.45, 7) is 7.11. The lowest BCUT2D eigenvalue weighted by molar-refractivity contribution is 0.154. The summed E-state index contributed by atoms with van der Waals surface area (Å²) in [5.41, 5.74) is 0.600. The van der Waals surface area contributed by atoms with E-state index in [0.717, 1.165) is 13.0 Å². The third-order valence-electron chi connectivity index (χ3n) is 4.30. The first-order valence-electron chi connectivity index (χ1n) is 7.73. The Morgan fingerprint density at radius 1 is 1.48 bits per heavy atom. The molecule has 2 atom stereocenters. The van der Waals surface area contributed by atoms with Gasteiger partial charge in [-0.3, -0.25) is 0 Å². The minimum atomic E-state index is -0.675. The minimum Gasteiger partial charge on any atom is -0.387 e. The number of aliphatic hydroxyl groups excluding tert-OH is 1. The highest BCUT2D eigenvalue weighted by Crippen LogP contribution is 2.25. The number of aliphatic hydroxyl groups is 1. The zero-order valence-corrected chi connectivity index (χ0v) is 13.3. The summed E-state index contributed by atoms with van der Waals surface area (Å²) in [5.74, 6) is 0.406. The summed E-state index contributed by atoms with van der Waals surface area (Å²) < 4.78 is 13.2. The van der Waals surface area contributed by atoms with Crippen LogP contribution in [-0.2, 0) is 0 Å². The molecule has 1 saturated heterocycles. The molecule has 0 aliphatic carbocycles. The van der Waals surface area contributed by atoms with Crippen LogP contribution in [0.2, 0.25) is 0 Å². The second-order valence-electron chi connectivity index (χ2n) is 6.96. The lowest BCUT2D eigenvalue weighted by Crippen LogP contribution is -2.43. The fourth-order valence-electron chi connectivity index (χ4n) is 3.19. The van der Waals surface area contributed by atoms with E-state index in [1.807, 2.05) is 0 Å². The third-order valence-corrected chi connectivity index (χ3v) is 4.30. The van der Waals surface area contributed by atoms with Crippen LogP contribution in [0.4, 0.5) is 4.39 Å². The molecule has 0 saturated carbocycles. The Balaban J connectivity index is 1.83. The normalized spacial score (nSPS) is 21.7. The first kappa shape index (κ1) is 16.4. The molecule has 1 aliphatic rings. The van der Waals surface area contributed by atoms with E-state index in [2.05, 4.69) is 31.1 Å². The third kappa shape index (κ3) is 5.06. The molecule has 1 aliphatic heterocycles. The summed E-state index contributed by atoms with van der Waals surface area (Å²) >= 11 is 0. The number of nitrogens with zero attached hydrogens (tertiary/aromatic N) is 1. The summed E-state index contributed by atoms with van der Waals surface area (Å²) in [6.07, 6.45) is 1.66. The molecule has 0 radical (unpaired) electrons. The number of rotatable bonds is 6. The van der Waals surface area contributed by atoms with Crippen molar-refractivity contribution in [3.63, 3.8) is 0 Å². The summed E-state index contributed by atoms with van der Waals surface area (Å²) in [6, 6.07) is 6.18. The highest BCUT2D eigenvalue weighted by molar-refractivity contribution is 5.19. The van der Waals surface area contributed by atoms with Crippen LogP contribution in [-0.4, -0.2) is 42.2 Å². The van der Waals surface area contributed by atoms with Gasteiger partial charge in [-0.25, -0.2) is 4.39 Å². The largest absolute Gasteiger partial charge is 0.387 e. The van der Waals surface area contributed by atoms with Crippen molar-refractivity contribution < 1.29 is 9.50 Å². The second kappa shape index (κ2) is 6.86. The van der Waals surface area contributed by atoms with E-state index in [4.69, 9.17) is 0 Å². The van der Waals surface area contributed by atoms with Gasteiger partial charge in [-0.05, 0) is 63.9 Å². The van der Waals surface area contributed by atoms with Gasteiger partial charge in [-0.15, -0.1) is 0 Å². The van der Waals surface area contributed by atoms with Crippen molar-refractivity contribution in [2.24, 2.45) is 5.92 Å². The Hall–Kier alpha value is -0.970. The first-order valence-corrected chi connectivity index (χ1v) is 7.73. The summed E-state index contributed by atoms with van der Waals surface area (Å²) in [5, 5.41) is 13.6. The van der Waals surface area contributed by atoms with Crippen LogP contribution in [0, 0.1) is 11.7 Å². The highest BCUT2D eigenvalue weighted by Gasteiger charge is 2.27. The van der Waals surface area contributed by atoms with Gasteiger partial charge in [0.1, 0.15) is 5.82 Å². The van der Waals surface area contributed by atoms with Crippen molar-refractivity contribution in [3.8, 4) is 0 Å². The van der Waals surface area contributed by atoms with Gasteiger partial charge in [0.15, 0.2) is 0 Å². The maximum absolute atomic E-state index is 13.2. The molecule has 2 N–H and O–H groups in total. The standard InChI is InChI=1S/C17H27FN2O/c1-17(2,10-13-7-8-20(3)12-13)19-11-16(21)14-5-4-6-15(18)9-14/h4-6,9,13,16,19,21H,7-8,10-12H2,1-3H3/t13-,16-/m0/s1. The predicted molar refractivity (Wildman–Crippen MR) is 83.7 cm³/mol. The lowest BCUT2D eigenvalue weighted by atomic mass is 9.89. The summed E-state index contributed by atoms with van der Waals surface area (Å²) in [7, 11) is 2.16. The fourth-order valence-corrected chi connectivity index (χ4v) is 3.19. The molecule has 1 aromatic carbocycles. The van der Waals surface area contributed by atoms with Crippen LogP contribution in [0.3, 0.4) is 0 Å². The predicted octanol–water partition coefficient (Wildman–Crippen LogP) is 2.57. The van der Waals surface area contributed by atoms with Gasteiger partial charge in [0.05, 0.1) is 6.10 Å². The van der Waals surface area contributed by atoms with Crippen LogP contribution in [0.1, 0.15) is 38.4 Å². The average Bonchev–Trinajstić information content (AvgIpc) is 2.80. The average molecular weight is 294 g/mol. The number of hydrogen-bond donors (Lipinski definition) is 2. The SMILES string of the molecule is CN1CC[C@@H](CC(C)(C)NC[C@H](O)c2cccc(F)c2)C1. The van der Waals surface area contributed by atoms with E-state index in [0.29, 0.717) is 18.0 Å². The molecular weight excluding hydrogens is 267 g/mol. The molecule has 1 fully saturated rings. The lowest BCUT2D eigenvalue weighted by Gasteiger charge is -2.30. The maximum Gasteiger partial charge on any atom is 0.123 e. The van der Waals surface area contributed by atoms with Crippen molar-refractivity contribution in [2.45, 2.75) is 38.3 Å². The Morgan fingerprint density at radius 3 is 2.86 bits per heavy atom. The van der Waals surface area contributed by atoms with Crippen molar-refractivity contribution in [2.75, 3.05) is 26.7 Å². The summed E-state index contributed by atoms with van der Waals surface area (Å²) in [4.78, 5) is 2.36. The molecule has 0 bridgehead atoms. The van der Waals surface area contributed by atoms with Gasteiger partial charge >= 0.3 is 0 Å². The van der Waals surface area contributed by atoms with E-state index in [9.17, 15) is 9.50 Å². The van der Waals surface area contributed by atoms with E-state index < -0.39 is 6.10 Å². The van der Waals surface area contributed by atoms with Gasteiger partial charge in [0, 0.05) is 18.6 Å². The zero-order chi connectivity index (χ0) is 15.5. The second-order valence-corrected chi connectivity index (χ2v) is 6.96. The first-order chi connectivity index (χ1) is 9.85. The molecule has 118 valence electrons.